The molecule has 1 rings (SSSR count). The Labute approximate surface area is 114 Å². The smallest absolute Gasteiger partial charge is 0.140 e. The SMILES string of the molecule is COCCC1=NC(CCOC)N(N)C(CCOC)=N1. The van der Waals surface area contributed by atoms with Crippen LogP contribution in [0.2, 0.25) is 0 Å². The topological polar surface area (TPSA) is 81.7 Å². The van der Waals surface area contributed by atoms with Crippen LogP contribution in [0.25, 0.3) is 0 Å². The van der Waals surface area contributed by atoms with Gasteiger partial charge in [-0.3, -0.25) is 5.01 Å². The molecule has 0 aromatic heterocycles. The molecular formula is C12H24N4O3. The van der Waals surface area contributed by atoms with Crippen LogP contribution in [-0.2, 0) is 14.2 Å². The highest BCUT2D eigenvalue weighted by Gasteiger charge is 2.23. The Balaban J connectivity index is 2.71. The van der Waals surface area contributed by atoms with Crippen LogP contribution in [0.5, 0.6) is 0 Å². The first-order valence-electron chi connectivity index (χ1n) is 6.38. The van der Waals surface area contributed by atoms with Crippen LogP contribution >= 0.6 is 0 Å². The van der Waals surface area contributed by atoms with Gasteiger partial charge in [0.1, 0.15) is 17.8 Å². The number of aliphatic imine (C=N–C) groups is 2. The Kier molecular flexibility index (Phi) is 7.57. The third-order valence-electron chi connectivity index (χ3n) is 2.82. The molecule has 1 unspecified atom stereocenters. The average Bonchev–Trinajstić information content (AvgIpc) is 2.43. The summed E-state index contributed by atoms with van der Waals surface area (Å²) in [7, 11) is 4.99. The Morgan fingerprint density at radius 3 is 2.32 bits per heavy atom. The van der Waals surface area contributed by atoms with E-state index in [0.29, 0.717) is 32.7 Å². The molecule has 1 heterocycles. The van der Waals surface area contributed by atoms with Crippen LogP contribution in [0.1, 0.15) is 19.3 Å². The Morgan fingerprint density at radius 2 is 1.68 bits per heavy atom. The number of nitrogens with zero attached hydrogens (tertiary/aromatic N) is 3. The van der Waals surface area contributed by atoms with E-state index >= 15 is 0 Å². The van der Waals surface area contributed by atoms with Gasteiger partial charge in [0.25, 0.3) is 0 Å². The highest BCUT2D eigenvalue weighted by molar-refractivity contribution is 5.98. The number of hydrazine groups is 1. The van der Waals surface area contributed by atoms with E-state index in [4.69, 9.17) is 20.1 Å². The molecule has 1 atom stereocenters. The van der Waals surface area contributed by atoms with Crippen molar-refractivity contribution in [2.75, 3.05) is 41.2 Å². The second kappa shape index (κ2) is 8.98. The van der Waals surface area contributed by atoms with Crippen molar-refractivity contribution in [3.05, 3.63) is 0 Å². The molecule has 0 radical (unpaired) electrons. The average molecular weight is 272 g/mol. The maximum Gasteiger partial charge on any atom is 0.140 e. The van der Waals surface area contributed by atoms with Gasteiger partial charge in [-0.1, -0.05) is 0 Å². The van der Waals surface area contributed by atoms with E-state index in [2.05, 4.69) is 9.98 Å². The van der Waals surface area contributed by atoms with Crippen molar-refractivity contribution in [1.29, 1.82) is 0 Å². The number of amidine groups is 2. The van der Waals surface area contributed by atoms with Gasteiger partial charge in [0, 0.05) is 40.6 Å². The standard InChI is InChI=1S/C12H24N4O3/c1-17-7-4-10-14-11(5-8-18-2)16(13)12(15-10)6-9-19-3/h11H,4-9,13H2,1-3H3. The molecule has 0 saturated carbocycles. The molecule has 0 spiro atoms. The minimum absolute atomic E-state index is 0.129. The molecule has 19 heavy (non-hydrogen) atoms. The van der Waals surface area contributed by atoms with Gasteiger partial charge in [0.05, 0.1) is 19.8 Å². The minimum atomic E-state index is -0.129. The van der Waals surface area contributed by atoms with Crippen molar-refractivity contribution < 1.29 is 14.2 Å². The third kappa shape index (κ3) is 5.23. The van der Waals surface area contributed by atoms with Crippen LogP contribution in [0.4, 0.5) is 0 Å². The van der Waals surface area contributed by atoms with E-state index in [1.54, 1.807) is 26.3 Å². The summed E-state index contributed by atoms with van der Waals surface area (Å²) in [6.45, 7) is 1.79. The second-order valence-corrected chi connectivity index (χ2v) is 4.23. The predicted octanol–water partition coefficient (Wildman–Crippen LogP) is 0.408. The van der Waals surface area contributed by atoms with Gasteiger partial charge in [-0.25, -0.2) is 15.8 Å². The molecule has 1 aliphatic heterocycles. The molecule has 7 nitrogen and oxygen atoms in total. The molecule has 0 fully saturated rings. The second-order valence-electron chi connectivity index (χ2n) is 4.23. The number of hydrogen-bond donors (Lipinski definition) is 1. The molecule has 0 bridgehead atoms. The van der Waals surface area contributed by atoms with Gasteiger partial charge in [-0.15, -0.1) is 0 Å². The number of methoxy groups -OCH3 is 3. The monoisotopic (exact) mass is 272 g/mol. The highest BCUT2D eigenvalue weighted by atomic mass is 16.5. The molecule has 0 aromatic carbocycles. The molecule has 0 aromatic rings. The van der Waals surface area contributed by atoms with E-state index in [9.17, 15) is 0 Å². The van der Waals surface area contributed by atoms with Gasteiger partial charge in [0.15, 0.2) is 0 Å². The van der Waals surface area contributed by atoms with Gasteiger partial charge in [-0.05, 0) is 0 Å². The lowest BCUT2D eigenvalue weighted by Gasteiger charge is -2.31. The molecule has 0 saturated heterocycles. The van der Waals surface area contributed by atoms with E-state index in [-0.39, 0.29) is 6.17 Å². The maximum atomic E-state index is 6.05. The van der Waals surface area contributed by atoms with Crippen molar-refractivity contribution in [1.82, 2.24) is 5.01 Å². The van der Waals surface area contributed by atoms with Gasteiger partial charge in [-0.2, -0.15) is 0 Å². The minimum Gasteiger partial charge on any atom is -0.385 e. The lowest BCUT2D eigenvalue weighted by molar-refractivity contribution is 0.160. The van der Waals surface area contributed by atoms with Crippen molar-refractivity contribution in [3.63, 3.8) is 0 Å². The fraction of sp³-hybridized carbons (Fsp3) is 0.833. The summed E-state index contributed by atoms with van der Waals surface area (Å²) in [5.74, 6) is 7.62. The molecule has 1 aliphatic rings. The maximum absolute atomic E-state index is 6.05. The van der Waals surface area contributed by atoms with Crippen LogP contribution < -0.4 is 5.84 Å². The Hall–Kier alpha value is -1.02. The summed E-state index contributed by atoms with van der Waals surface area (Å²) in [6, 6.07) is 0. The van der Waals surface area contributed by atoms with Crippen LogP contribution in [0.15, 0.2) is 9.98 Å². The first-order valence-corrected chi connectivity index (χ1v) is 6.38. The zero-order valence-electron chi connectivity index (χ0n) is 12.0. The van der Waals surface area contributed by atoms with E-state index < -0.39 is 0 Å². The fourth-order valence-electron chi connectivity index (χ4n) is 1.76. The van der Waals surface area contributed by atoms with Gasteiger partial charge in [0.2, 0.25) is 0 Å². The third-order valence-corrected chi connectivity index (χ3v) is 2.82. The molecule has 0 amide bonds. The van der Waals surface area contributed by atoms with Crippen LogP contribution in [0.3, 0.4) is 0 Å². The summed E-state index contributed by atoms with van der Waals surface area (Å²) < 4.78 is 15.2. The largest absolute Gasteiger partial charge is 0.385 e. The molecule has 2 N–H and O–H groups in total. The first-order chi connectivity index (χ1) is 9.22. The lowest BCUT2D eigenvalue weighted by atomic mass is 10.2. The molecule has 0 aliphatic carbocycles. The van der Waals surface area contributed by atoms with Crippen LogP contribution in [-0.4, -0.2) is 64.0 Å². The van der Waals surface area contributed by atoms with Crippen molar-refractivity contribution in [3.8, 4) is 0 Å². The van der Waals surface area contributed by atoms with Crippen LogP contribution in [0, 0.1) is 0 Å². The lowest BCUT2D eigenvalue weighted by Crippen LogP contribution is -2.48. The van der Waals surface area contributed by atoms with E-state index in [0.717, 1.165) is 18.1 Å². The van der Waals surface area contributed by atoms with Gasteiger partial charge < -0.3 is 14.2 Å². The molecule has 7 heteroatoms. The predicted molar refractivity (Wildman–Crippen MR) is 74.2 cm³/mol. The number of rotatable bonds is 9. The molecule has 110 valence electrons. The highest BCUT2D eigenvalue weighted by Crippen LogP contribution is 2.13. The normalized spacial score (nSPS) is 19.4. The fourth-order valence-corrected chi connectivity index (χ4v) is 1.76. The quantitative estimate of drug-likeness (QED) is 0.615. The Bertz CT molecular complexity index is 320. The summed E-state index contributed by atoms with van der Waals surface area (Å²) >= 11 is 0. The summed E-state index contributed by atoms with van der Waals surface area (Å²) in [5.41, 5.74) is 0. The number of nitrogens with two attached hydrogens (primary N) is 1. The van der Waals surface area contributed by atoms with Crippen molar-refractivity contribution >= 4 is 11.7 Å². The van der Waals surface area contributed by atoms with E-state index in [1.165, 1.54) is 0 Å². The van der Waals surface area contributed by atoms with Gasteiger partial charge >= 0.3 is 0 Å². The summed E-state index contributed by atoms with van der Waals surface area (Å²) in [4.78, 5) is 8.99. The first kappa shape index (κ1) is 16.0. The summed E-state index contributed by atoms with van der Waals surface area (Å²) in [5, 5.41) is 1.61. The zero-order chi connectivity index (χ0) is 14.1. The Morgan fingerprint density at radius 1 is 1.05 bits per heavy atom. The van der Waals surface area contributed by atoms with Crippen molar-refractivity contribution in [2.45, 2.75) is 25.4 Å². The zero-order valence-corrected chi connectivity index (χ0v) is 12.0. The van der Waals surface area contributed by atoms with E-state index in [1.807, 2.05) is 0 Å². The number of ether oxygens (including phenoxy) is 3. The summed E-state index contributed by atoms with van der Waals surface area (Å²) in [6.07, 6.45) is 1.96. The molecular weight excluding hydrogens is 248 g/mol. The number of hydrogen-bond acceptors (Lipinski definition) is 7. The van der Waals surface area contributed by atoms with Crippen molar-refractivity contribution in [2.24, 2.45) is 15.8 Å².